The third-order valence-electron chi connectivity index (χ3n) is 4.80. The molecule has 0 fully saturated rings. The molecule has 2 aromatic rings. The quantitative estimate of drug-likeness (QED) is 0.500. The first kappa shape index (κ1) is 21.5. The Morgan fingerprint density at radius 1 is 1.00 bits per heavy atom. The highest BCUT2D eigenvalue weighted by molar-refractivity contribution is 6.01. The fourth-order valence-corrected chi connectivity index (χ4v) is 3.45. The standard InChI is InChI=1S/C23H27NO6/c1-14(2)12-20(25)29-10-11-30-21-16(8-9-19(27-3)22(21)28-4)15-6-5-7-17-18(15)13-24-23(17)26/h5-9,14H,10-13H2,1-4H3,(H,24,26). The molecule has 3 rings (SSSR count). The Kier molecular flexibility index (Phi) is 6.82. The number of esters is 1. The Labute approximate surface area is 176 Å². The van der Waals surface area contributed by atoms with E-state index in [1.165, 1.54) is 7.11 Å². The lowest BCUT2D eigenvalue weighted by atomic mass is 9.95. The maximum absolute atomic E-state index is 12.1. The van der Waals surface area contributed by atoms with Gasteiger partial charge in [-0.15, -0.1) is 0 Å². The lowest BCUT2D eigenvalue weighted by Crippen LogP contribution is -2.14. The van der Waals surface area contributed by atoms with Crippen LogP contribution in [0.3, 0.4) is 0 Å². The summed E-state index contributed by atoms with van der Waals surface area (Å²) in [6.07, 6.45) is 0.366. The summed E-state index contributed by atoms with van der Waals surface area (Å²) in [6, 6.07) is 9.26. The number of rotatable bonds is 9. The van der Waals surface area contributed by atoms with Crippen molar-refractivity contribution in [2.75, 3.05) is 27.4 Å². The molecule has 7 heteroatoms. The monoisotopic (exact) mass is 413 g/mol. The van der Waals surface area contributed by atoms with Crippen LogP contribution < -0.4 is 19.5 Å². The Morgan fingerprint density at radius 3 is 2.47 bits per heavy atom. The molecule has 0 atom stereocenters. The predicted molar refractivity (Wildman–Crippen MR) is 112 cm³/mol. The number of methoxy groups -OCH3 is 2. The molecule has 0 spiro atoms. The van der Waals surface area contributed by atoms with Crippen LogP contribution in [0.5, 0.6) is 17.2 Å². The minimum absolute atomic E-state index is 0.0909. The number of hydrogen-bond acceptors (Lipinski definition) is 6. The highest BCUT2D eigenvalue weighted by Crippen LogP contribution is 2.46. The zero-order valence-corrected chi connectivity index (χ0v) is 17.7. The zero-order chi connectivity index (χ0) is 21.7. The van der Waals surface area contributed by atoms with Gasteiger partial charge in [-0.2, -0.15) is 0 Å². The topological polar surface area (TPSA) is 83.1 Å². The van der Waals surface area contributed by atoms with E-state index >= 15 is 0 Å². The van der Waals surface area contributed by atoms with E-state index in [4.69, 9.17) is 18.9 Å². The Balaban J connectivity index is 1.90. The minimum Gasteiger partial charge on any atom is -0.493 e. The highest BCUT2D eigenvalue weighted by atomic mass is 16.6. The van der Waals surface area contributed by atoms with Crippen molar-refractivity contribution in [3.8, 4) is 28.4 Å². The molecule has 1 aliphatic heterocycles. The van der Waals surface area contributed by atoms with Gasteiger partial charge < -0.3 is 24.3 Å². The van der Waals surface area contributed by atoms with E-state index < -0.39 is 0 Å². The number of amides is 1. The third-order valence-corrected chi connectivity index (χ3v) is 4.80. The normalized spacial score (nSPS) is 12.4. The molecule has 0 radical (unpaired) electrons. The van der Waals surface area contributed by atoms with Gasteiger partial charge in [0, 0.05) is 24.1 Å². The van der Waals surface area contributed by atoms with Crippen molar-refractivity contribution in [3.63, 3.8) is 0 Å². The van der Waals surface area contributed by atoms with Gasteiger partial charge in [0.1, 0.15) is 13.2 Å². The van der Waals surface area contributed by atoms with E-state index in [2.05, 4.69) is 5.32 Å². The summed E-state index contributed by atoms with van der Waals surface area (Å²) >= 11 is 0. The number of carbonyl (C=O) groups is 2. The van der Waals surface area contributed by atoms with Crippen molar-refractivity contribution in [1.82, 2.24) is 5.32 Å². The zero-order valence-electron chi connectivity index (χ0n) is 17.7. The van der Waals surface area contributed by atoms with Crippen molar-refractivity contribution in [2.45, 2.75) is 26.8 Å². The van der Waals surface area contributed by atoms with Crippen LogP contribution in [0.4, 0.5) is 0 Å². The molecule has 0 aromatic heterocycles. The van der Waals surface area contributed by atoms with E-state index in [1.807, 2.05) is 32.0 Å². The average Bonchev–Trinajstić information content (AvgIpc) is 3.11. The molecule has 0 saturated heterocycles. The average molecular weight is 413 g/mol. The first-order valence-electron chi connectivity index (χ1n) is 9.90. The maximum Gasteiger partial charge on any atom is 0.306 e. The molecule has 160 valence electrons. The van der Waals surface area contributed by atoms with Gasteiger partial charge in [-0.1, -0.05) is 26.0 Å². The first-order chi connectivity index (χ1) is 14.5. The van der Waals surface area contributed by atoms with Crippen LogP contribution in [-0.4, -0.2) is 39.3 Å². The summed E-state index contributed by atoms with van der Waals surface area (Å²) in [7, 11) is 3.09. The number of hydrogen-bond donors (Lipinski definition) is 1. The number of carbonyl (C=O) groups excluding carboxylic acids is 2. The van der Waals surface area contributed by atoms with E-state index in [-0.39, 0.29) is 31.0 Å². The van der Waals surface area contributed by atoms with Crippen LogP contribution in [0.2, 0.25) is 0 Å². The molecule has 2 aromatic carbocycles. The number of nitrogens with one attached hydrogen (secondary N) is 1. The van der Waals surface area contributed by atoms with Crippen molar-refractivity contribution >= 4 is 11.9 Å². The Bertz CT molecular complexity index is 938. The molecule has 1 aliphatic rings. The van der Waals surface area contributed by atoms with Crippen molar-refractivity contribution in [2.24, 2.45) is 5.92 Å². The van der Waals surface area contributed by atoms with Gasteiger partial charge in [0.2, 0.25) is 5.75 Å². The van der Waals surface area contributed by atoms with Gasteiger partial charge in [0.15, 0.2) is 11.5 Å². The van der Waals surface area contributed by atoms with Crippen molar-refractivity contribution in [1.29, 1.82) is 0 Å². The highest BCUT2D eigenvalue weighted by Gasteiger charge is 2.25. The van der Waals surface area contributed by atoms with Gasteiger partial charge in [0.05, 0.1) is 14.2 Å². The Morgan fingerprint density at radius 2 is 1.77 bits per heavy atom. The summed E-state index contributed by atoms with van der Waals surface area (Å²) in [4.78, 5) is 23.8. The van der Waals surface area contributed by atoms with E-state index in [0.717, 1.165) is 16.7 Å². The summed E-state index contributed by atoms with van der Waals surface area (Å²) < 4.78 is 22.2. The molecular weight excluding hydrogens is 386 g/mol. The van der Waals surface area contributed by atoms with Crippen LogP contribution in [0.15, 0.2) is 30.3 Å². The van der Waals surface area contributed by atoms with E-state index in [9.17, 15) is 9.59 Å². The first-order valence-corrected chi connectivity index (χ1v) is 9.90. The molecule has 1 heterocycles. The summed E-state index contributed by atoms with van der Waals surface area (Å²) in [5.74, 6) is 1.33. The summed E-state index contributed by atoms with van der Waals surface area (Å²) in [5, 5.41) is 2.85. The number of benzene rings is 2. The molecule has 7 nitrogen and oxygen atoms in total. The lowest BCUT2D eigenvalue weighted by Gasteiger charge is -2.19. The Hall–Kier alpha value is -3.22. The SMILES string of the molecule is COc1ccc(-c2cccc3c2CNC3=O)c(OCCOC(=O)CC(C)C)c1OC. The summed E-state index contributed by atoms with van der Waals surface area (Å²) in [6.45, 7) is 4.65. The number of fused-ring (bicyclic) bond motifs is 1. The molecule has 30 heavy (non-hydrogen) atoms. The molecule has 0 saturated carbocycles. The molecule has 1 amide bonds. The van der Waals surface area contributed by atoms with E-state index in [1.54, 1.807) is 19.2 Å². The second-order valence-electron chi connectivity index (χ2n) is 7.36. The number of ether oxygens (including phenoxy) is 4. The second kappa shape index (κ2) is 9.52. The van der Waals surface area contributed by atoms with Gasteiger partial charge in [-0.25, -0.2) is 0 Å². The molecule has 0 aliphatic carbocycles. The molecule has 1 N–H and O–H groups in total. The van der Waals surface area contributed by atoms with E-state index in [0.29, 0.717) is 35.8 Å². The molecular formula is C23H27NO6. The maximum atomic E-state index is 12.1. The van der Waals surface area contributed by atoms with Crippen molar-refractivity contribution < 1.29 is 28.5 Å². The fraction of sp³-hybridized carbons (Fsp3) is 0.391. The van der Waals surface area contributed by atoms with Crippen LogP contribution in [-0.2, 0) is 16.1 Å². The fourth-order valence-electron chi connectivity index (χ4n) is 3.45. The van der Waals surface area contributed by atoms with Gasteiger partial charge in [0.25, 0.3) is 5.91 Å². The smallest absolute Gasteiger partial charge is 0.306 e. The van der Waals surface area contributed by atoms with Crippen LogP contribution in [0.25, 0.3) is 11.1 Å². The lowest BCUT2D eigenvalue weighted by molar-refractivity contribution is -0.145. The van der Waals surface area contributed by atoms with Gasteiger partial charge in [-0.05, 0) is 35.2 Å². The minimum atomic E-state index is -0.253. The molecule has 0 bridgehead atoms. The molecule has 0 unspecified atom stereocenters. The van der Waals surface area contributed by atoms with Crippen LogP contribution >= 0.6 is 0 Å². The summed E-state index contributed by atoms with van der Waals surface area (Å²) in [5.41, 5.74) is 3.20. The second-order valence-corrected chi connectivity index (χ2v) is 7.36. The van der Waals surface area contributed by atoms with Crippen LogP contribution in [0.1, 0.15) is 36.2 Å². The van der Waals surface area contributed by atoms with Gasteiger partial charge >= 0.3 is 5.97 Å². The third kappa shape index (κ3) is 4.50. The van der Waals surface area contributed by atoms with Crippen LogP contribution in [0, 0.1) is 5.92 Å². The predicted octanol–water partition coefficient (Wildman–Crippen LogP) is 3.58. The largest absolute Gasteiger partial charge is 0.493 e. The van der Waals surface area contributed by atoms with Crippen molar-refractivity contribution in [3.05, 3.63) is 41.5 Å². The van der Waals surface area contributed by atoms with Gasteiger partial charge in [-0.3, -0.25) is 9.59 Å².